The normalized spacial score (nSPS) is 17.8. The lowest BCUT2D eigenvalue weighted by Crippen LogP contribution is -2.35. The van der Waals surface area contributed by atoms with Crippen molar-refractivity contribution in [2.24, 2.45) is 0 Å². The Labute approximate surface area is 145 Å². The molecule has 6 nitrogen and oxygen atoms in total. The Morgan fingerprint density at radius 3 is 3.04 bits per heavy atom. The molecule has 0 spiro atoms. The zero-order valence-electron chi connectivity index (χ0n) is 13.8. The average molecular weight is 349 g/mol. The summed E-state index contributed by atoms with van der Waals surface area (Å²) >= 11 is 1.66. The van der Waals surface area contributed by atoms with Crippen LogP contribution in [-0.4, -0.2) is 46.3 Å². The van der Waals surface area contributed by atoms with Gasteiger partial charge in [0.05, 0.1) is 12.6 Å². The van der Waals surface area contributed by atoms with Gasteiger partial charge in [0.15, 0.2) is 11.5 Å². The quantitative estimate of drug-likeness (QED) is 0.834. The first kappa shape index (κ1) is 17.1. The number of nitrogens with zero attached hydrogens (tertiary/aromatic N) is 2. The molecular formula is C17H23N3O3S. The summed E-state index contributed by atoms with van der Waals surface area (Å²) in [6.45, 7) is 4.27. The lowest BCUT2D eigenvalue weighted by Gasteiger charge is -2.28. The molecule has 1 atom stereocenters. The smallest absolute Gasteiger partial charge is 0.273 e. The van der Waals surface area contributed by atoms with Crippen molar-refractivity contribution in [3.8, 4) is 0 Å². The molecule has 2 aromatic rings. The predicted molar refractivity (Wildman–Crippen MR) is 92.0 cm³/mol. The number of carbonyl (C=O) groups excluding carboxylic acids is 1. The number of aromatic nitrogens is 1. The van der Waals surface area contributed by atoms with Gasteiger partial charge in [0, 0.05) is 25.2 Å². The van der Waals surface area contributed by atoms with Crippen molar-refractivity contribution in [2.45, 2.75) is 44.9 Å². The van der Waals surface area contributed by atoms with Crippen LogP contribution in [0.4, 0.5) is 0 Å². The van der Waals surface area contributed by atoms with Crippen LogP contribution in [0.3, 0.4) is 0 Å². The molecule has 0 radical (unpaired) electrons. The summed E-state index contributed by atoms with van der Waals surface area (Å²) in [5.41, 5.74) is 1.54. The minimum Gasteiger partial charge on any atom is -0.393 e. The van der Waals surface area contributed by atoms with E-state index >= 15 is 0 Å². The fourth-order valence-electron chi connectivity index (χ4n) is 2.90. The number of aliphatic hydroxyl groups is 1. The standard InChI is InChI=1S/C17H23N3O3S/c1-12(8-13-4-7-24-11-13)18-17(22)16-9-15(23-19-16)10-20-5-2-14(21)3-6-20/h4,7,9,11-12,14,21H,2-3,5-6,8,10H2,1H3,(H,18,22). The second kappa shape index (κ2) is 7.92. The number of thiophene rings is 1. The van der Waals surface area contributed by atoms with E-state index < -0.39 is 0 Å². The van der Waals surface area contributed by atoms with Crippen LogP contribution >= 0.6 is 11.3 Å². The molecule has 3 heterocycles. The van der Waals surface area contributed by atoms with Crippen LogP contribution in [0.5, 0.6) is 0 Å². The van der Waals surface area contributed by atoms with Gasteiger partial charge in [-0.2, -0.15) is 11.3 Å². The van der Waals surface area contributed by atoms with Crippen LogP contribution in [-0.2, 0) is 13.0 Å². The van der Waals surface area contributed by atoms with Crippen LogP contribution in [0.2, 0.25) is 0 Å². The topological polar surface area (TPSA) is 78.6 Å². The largest absolute Gasteiger partial charge is 0.393 e. The fraction of sp³-hybridized carbons (Fsp3) is 0.529. The van der Waals surface area contributed by atoms with Gasteiger partial charge >= 0.3 is 0 Å². The predicted octanol–water partition coefficient (Wildman–Crippen LogP) is 2.05. The molecule has 2 N–H and O–H groups in total. The van der Waals surface area contributed by atoms with Crippen LogP contribution in [0, 0.1) is 0 Å². The van der Waals surface area contributed by atoms with Gasteiger partial charge in [0.25, 0.3) is 5.91 Å². The first-order valence-corrected chi connectivity index (χ1v) is 9.22. The summed E-state index contributed by atoms with van der Waals surface area (Å²) in [6.07, 6.45) is 2.17. The average Bonchev–Trinajstić information content (AvgIpc) is 3.21. The number of hydrogen-bond acceptors (Lipinski definition) is 6. The molecule has 130 valence electrons. The van der Waals surface area contributed by atoms with Gasteiger partial charge in [-0.25, -0.2) is 0 Å². The highest BCUT2D eigenvalue weighted by atomic mass is 32.1. The lowest BCUT2D eigenvalue weighted by atomic mass is 10.1. The van der Waals surface area contributed by atoms with Crippen molar-refractivity contribution in [1.82, 2.24) is 15.4 Å². The monoisotopic (exact) mass is 349 g/mol. The van der Waals surface area contributed by atoms with E-state index in [1.807, 2.05) is 12.3 Å². The van der Waals surface area contributed by atoms with Crippen molar-refractivity contribution in [1.29, 1.82) is 0 Å². The number of hydrogen-bond donors (Lipinski definition) is 2. The van der Waals surface area contributed by atoms with Gasteiger partial charge in [-0.15, -0.1) is 0 Å². The van der Waals surface area contributed by atoms with Gasteiger partial charge in [-0.3, -0.25) is 9.69 Å². The van der Waals surface area contributed by atoms with Crippen molar-refractivity contribution < 1.29 is 14.4 Å². The zero-order valence-corrected chi connectivity index (χ0v) is 14.6. The first-order valence-electron chi connectivity index (χ1n) is 8.28. The van der Waals surface area contributed by atoms with Crippen LogP contribution in [0.15, 0.2) is 27.4 Å². The van der Waals surface area contributed by atoms with Gasteiger partial charge < -0.3 is 14.9 Å². The van der Waals surface area contributed by atoms with E-state index in [0.29, 0.717) is 18.0 Å². The molecule has 0 saturated carbocycles. The third kappa shape index (κ3) is 4.66. The van der Waals surface area contributed by atoms with Crippen LogP contribution in [0.25, 0.3) is 0 Å². The Morgan fingerprint density at radius 1 is 1.54 bits per heavy atom. The van der Waals surface area contributed by atoms with Crippen molar-refractivity contribution in [3.63, 3.8) is 0 Å². The van der Waals surface area contributed by atoms with E-state index in [-0.39, 0.29) is 18.1 Å². The Kier molecular flexibility index (Phi) is 5.65. The molecule has 2 aromatic heterocycles. The number of aliphatic hydroxyl groups excluding tert-OH is 1. The second-order valence-corrected chi connectivity index (χ2v) is 7.18. The van der Waals surface area contributed by atoms with E-state index in [2.05, 4.69) is 26.8 Å². The van der Waals surface area contributed by atoms with Gasteiger partial charge in [-0.1, -0.05) is 5.16 Å². The molecule has 0 aromatic carbocycles. The number of carbonyl (C=O) groups is 1. The summed E-state index contributed by atoms with van der Waals surface area (Å²) in [4.78, 5) is 14.5. The maximum absolute atomic E-state index is 12.3. The van der Waals surface area contributed by atoms with Crippen molar-refractivity contribution in [3.05, 3.63) is 39.9 Å². The first-order chi connectivity index (χ1) is 11.6. The molecular weight excluding hydrogens is 326 g/mol. The van der Waals surface area contributed by atoms with E-state index in [1.54, 1.807) is 17.4 Å². The maximum Gasteiger partial charge on any atom is 0.273 e. The zero-order chi connectivity index (χ0) is 16.9. The molecule has 7 heteroatoms. The van der Waals surface area contributed by atoms with E-state index in [0.717, 1.165) is 32.4 Å². The molecule has 1 aliphatic heterocycles. The van der Waals surface area contributed by atoms with E-state index in [1.165, 1.54) is 5.56 Å². The highest BCUT2D eigenvalue weighted by molar-refractivity contribution is 7.07. The second-order valence-electron chi connectivity index (χ2n) is 6.40. The SMILES string of the molecule is CC(Cc1ccsc1)NC(=O)c1cc(CN2CCC(O)CC2)on1. The summed E-state index contributed by atoms with van der Waals surface area (Å²) in [5.74, 6) is 0.476. The minimum atomic E-state index is -0.207. The molecule has 24 heavy (non-hydrogen) atoms. The highest BCUT2D eigenvalue weighted by Gasteiger charge is 2.20. The molecule has 0 aliphatic carbocycles. The molecule has 1 unspecified atom stereocenters. The highest BCUT2D eigenvalue weighted by Crippen LogP contribution is 2.15. The Morgan fingerprint density at radius 2 is 2.33 bits per heavy atom. The van der Waals surface area contributed by atoms with Gasteiger partial charge in [-0.05, 0) is 48.6 Å². The minimum absolute atomic E-state index is 0.0378. The molecule has 1 amide bonds. The number of likely N-dealkylation sites (tertiary alicyclic amines) is 1. The summed E-state index contributed by atoms with van der Waals surface area (Å²) in [5, 5.41) is 20.5. The summed E-state index contributed by atoms with van der Waals surface area (Å²) in [6, 6.07) is 3.81. The fourth-order valence-corrected chi connectivity index (χ4v) is 3.58. The van der Waals surface area contributed by atoms with E-state index in [9.17, 15) is 9.90 Å². The van der Waals surface area contributed by atoms with Gasteiger partial charge in [0.1, 0.15) is 0 Å². The maximum atomic E-state index is 12.3. The molecule has 0 bridgehead atoms. The van der Waals surface area contributed by atoms with Crippen molar-refractivity contribution >= 4 is 17.2 Å². The third-order valence-electron chi connectivity index (χ3n) is 4.23. The van der Waals surface area contributed by atoms with Crippen LogP contribution in [0.1, 0.15) is 41.6 Å². The summed E-state index contributed by atoms with van der Waals surface area (Å²) in [7, 11) is 0. The van der Waals surface area contributed by atoms with Crippen LogP contribution < -0.4 is 5.32 Å². The number of nitrogens with one attached hydrogen (secondary N) is 1. The number of rotatable bonds is 6. The third-order valence-corrected chi connectivity index (χ3v) is 4.96. The number of piperidine rings is 1. The lowest BCUT2D eigenvalue weighted by molar-refractivity contribution is 0.0748. The molecule has 1 aliphatic rings. The summed E-state index contributed by atoms with van der Waals surface area (Å²) < 4.78 is 5.29. The number of amides is 1. The Hall–Kier alpha value is -1.70. The van der Waals surface area contributed by atoms with Gasteiger partial charge in [0.2, 0.25) is 0 Å². The van der Waals surface area contributed by atoms with E-state index in [4.69, 9.17) is 4.52 Å². The molecule has 3 rings (SSSR count). The molecule has 1 fully saturated rings. The van der Waals surface area contributed by atoms with Crippen molar-refractivity contribution in [2.75, 3.05) is 13.1 Å². The molecule has 1 saturated heterocycles. The Balaban J connectivity index is 1.50. The Bertz CT molecular complexity index is 648.